The van der Waals surface area contributed by atoms with Crippen LogP contribution in [0.15, 0.2) is 12.2 Å². The van der Waals surface area contributed by atoms with E-state index >= 15 is 0 Å². The van der Waals surface area contributed by atoms with Gasteiger partial charge >= 0.3 is 0 Å². The van der Waals surface area contributed by atoms with Crippen molar-refractivity contribution in [2.24, 2.45) is 0 Å². The maximum Gasteiger partial charge on any atom is 0.0137 e. The summed E-state index contributed by atoms with van der Waals surface area (Å²) in [5.74, 6) is 0. The van der Waals surface area contributed by atoms with Crippen LogP contribution in [0.25, 0.3) is 0 Å². The molecule has 2 aliphatic rings. The molecule has 1 aliphatic carbocycles. The van der Waals surface area contributed by atoms with Crippen LogP contribution in [0, 0.1) is 0 Å². The van der Waals surface area contributed by atoms with Gasteiger partial charge in [0.25, 0.3) is 0 Å². The van der Waals surface area contributed by atoms with E-state index in [1.807, 2.05) is 0 Å². The molecule has 2 rings (SSSR count). The van der Waals surface area contributed by atoms with Crippen molar-refractivity contribution >= 4 is 0 Å². The molecule has 1 heterocycles. The predicted octanol–water partition coefficient (Wildman–Crippen LogP) is 1.39. The molecule has 0 radical (unpaired) electrons. The molecule has 1 aliphatic heterocycles. The molecule has 1 N–H and O–H groups in total. The lowest BCUT2D eigenvalue weighted by Gasteiger charge is -2.17. The summed E-state index contributed by atoms with van der Waals surface area (Å²) in [5.41, 5.74) is 0. The molecule has 1 saturated heterocycles. The highest BCUT2D eigenvalue weighted by molar-refractivity contribution is 4.97. The molecular weight excluding hydrogens is 160 g/mol. The summed E-state index contributed by atoms with van der Waals surface area (Å²) < 4.78 is 0. The summed E-state index contributed by atoms with van der Waals surface area (Å²) in [7, 11) is 0. The zero-order chi connectivity index (χ0) is 8.93. The second-order valence-corrected chi connectivity index (χ2v) is 4.14. The minimum atomic E-state index is 0.739. The molecule has 0 aromatic carbocycles. The van der Waals surface area contributed by atoms with E-state index in [2.05, 4.69) is 22.4 Å². The van der Waals surface area contributed by atoms with Crippen molar-refractivity contribution in [3.63, 3.8) is 0 Å². The van der Waals surface area contributed by atoms with Crippen LogP contribution in [-0.2, 0) is 0 Å². The monoisotopic (exact) mass is 180 g/mol. The molecule has 0 amide bonds. The summed E-state index contributed by atoms with van der Waals surface area (Å²) in [6, 6.07) is 0.739. The zero-order valence-corrected chi connectivity index (χ0v) is 8.34. The molecule has 74 valence electrons. The van der Waals surface area contributed by atoms with Gasteiger partial charge in [0.1, 0.15) is 0 Å². The Morgan fingerprint density at radius 2 is 1.85 bits per heavy atom. The third kappa shape index (κ3) is 2.82. The fourth-order valence-corrected chi connectivity index (χ4v) is 2.22. The van der Waals surface area contributed by atoms with Crippen LogP contribution in [0.4, 0.5) is 0 Å². The first-order valence-electron chi connectivity index (χ1n) is 5.56. The van der Waals surface area contributed by atoms with Gasteiger partial charge in [0, 0.05) is 19.1 Å². The van der Waals surface area contributed by atoms with Crippen LogP contribution in [-0.4, -0.2) is 37.1 Å². The number of nitrogens with zero attached hydrogens (tertiary/aromatic N) is 1. The van der Waals surface area contributed by atoms with Gasteiger partial charge in [-0.05, 0) is 38.8 Å². The molecule has 13 heavy (non-hydrogen) atoms. The highest BCUT2D eigenvalue weighted by Crippen LogP contribution is 2.09. The summed E-state index contributed by atoms with van der Waals surface area (Å²) in [5, 5.41) is 3.60. The van der Waals surface area contributed by atoms with E-state index < -0.39 is 0 Å². The first-order valence-corrected chi connectivity index (χ1v) is 5.56. The molecule has 2 nitrogen and oxygen atoms in total. The van der Waals surface area contributed by atoms with Gasteiger partial charge in [-0.25, -0.2) is 0 Å². The summed E-state index contributed by atoms with van der Waals surface area (Å²) in [6.45, 7) is 5.07. The summed E-state index contributed by atoms with van der Waals surface area (Å²) >= 11 is 0. The van der Waals surface area contributed by atoms with Crippen LogP contribution in [0.1, 0.15) is 25.7 Å². The van der Waals surface area contributed by atoms with Crippen LogP contribution in [0.5, 0.6) is 0 Å². The Morgan fingerprint density at radius 1 is 1.15 bits per heavy atom. The van der Waals surface area contributed by atoms with E-state index in [1.165, 1.54) is 51.9 Å². The van der Waals surface area contributed by atoms with Crippen molar-refractivity contribution < 1.29 is 0 Å². The normalized spacial score (nSPS) is 24.6. The Balaban J connectivity index is 1.53. The van der Waals surface area contributed by atoms with Gasteiger partial charge in [0.15, 0.2) is 0 Å². The smallest absolute Gasteiger partial charge is 0.0137 e. The lowest BCUT2D eigenvalue weighted by Crippen LogP contribution is -2.34. The van der Waals surface area contributed by atoms with Gasteiger partial charge in [-0.1, -0.05) is 12.2 Å². The van der Waals surface area contributed by atoms with Gasteiger partial charge in [0.2, 0.25) is 0 Å². The topological polar surface area (TPSA) is 15.3 Å². The number of hydrogen-bond donors (Lipinski definition) is 1. The fraction of sp³-hybridized carbons (Fsp3) is 0.818. The van der Waals surface area contributed by atoms with Crippen molar-refractivity contribution in [2.75, 3.05) is 26.2 Å². The van der Waals surface area contributed by atoms with Gasteiger partial charge in [0.05, 0.1) is 0 Å². The van der Waals surface area contributed by atoms with E-state index in [4.69, 9.17) is 0 Å². The lowest BCUT2D eigenvalue weighted by atomic mass is 10.2. The minimum Gasteiger partial charge on any atom is -0.312 e. The Labute approximate surface area is 81.0 Å². The predicted molar refractivity (Wildman–Crippen MR) is 55.8 cm³/mol. The Hall–Kier alpha value is -0.340. The molecule has 0 atom stereocenters. The minimum absolute atomic E-state index is 0.739. The second kappa shape index (κ2) is 4.77. The molecule has 0 aromatic rings. The van der Waals surface area contributed by atoms with Gasteiger partial charge in [-0.15, -0.1) is 0 Å². The molecule has 1 fully saturated rings. The number of likely N-dealkylation sites (tertiary alicyclic amines) is 1. The Morgan fingerprint density at radius 3 is 2.54 bits per heavy atom. The molecular formula is C11H20N2. The van der Waals surface area contributed by atoms with E-state index in [9.17, 15) is 0 Å². The first kappa shape index (κ1) is 9.22. The van der Waals surface area contributed by atoms with E-state index in [0.717, 1.165) is 6.04 Å². The number of hydrogen-bond acceptors (Lipinski definition) is 2. The van der Waals surface area contributed by atoms with Crippen molar-refractivity contribution in [1.82, 2.24) is 10.2 Å². The molecule has 0 unspecified atom stereocenters. The van der Waals surface area contributed by atoms with Crippen molar-refractivity contribution in [3.05, 3.63) is 12.2 Å². The highest BCUT2D eigenvalue weighted by Gasteiger charge is 2.12. The van der Waals surface area contributed by atoms with Crippen molar-refractivity contribution in [3.8, 4) is 0 Å². The van der Waals surface area contributed by atoms with Crippen molar-refractivity contribution in [1.29, 1.82) is 0 Å². The maximum atomic E-state index is 3.60. The first-order chi connectivity index (χ1) is 6.45. The van der Waals surface area contributed by atoms with Gasteiger partial charge < -0.3 is 10.2 Å². The third-order valence-electron chi connectivity index (χ3n) is 3.07. The Bertz CT molecular complexity index is 161. The third-order valence-corrected chi connectivity index (χ3v) is 3.07. The zero-order valence-electron chi connectivity index (χ0n) is 8.34. The summed E-state index contributed by atoms with van der Waals surface area (Å²) in [4.78, 5) is 2.56. The van der Waals surface area contributed by atoms with Crippen LogP contribution < -0.4 is 5.32 Å². The van der Waals surface area contributed by atoms with Crippen LogP contribution >= 0.6 is 0 Å². The molecule has 2 heteroatoms. The van der Waals surface area contributed by atoms with E-state index in [1.54, 1.807) is 0 Å². The average molecular weight is 180 g/mol. The molecule has 0 aromatic heterocycles. The largest absolute Gasteiger partial charge is 0.312 e. The highest BCUT2D eigenvalue weighted by atomic mass is 15.2. The fourth-order valence-electron chi connectivity index (χ4n) is 2.22. The number of nitrogens with one attached hydrogen (secondary N) is 1. The van der Waals surface area contributed by atoms with Crippen LogP contribution in [0.2, 0.25) is 0 Å². The SMILES string of the molecule is C1=CCC(NCCN2CCCC2)C1. The van der Waals surface area contributed by atoms with Gasteiger partial charge in [-0.3, -0.25) is 0 Å². The van der Waals surface area contributed by atoms with Gasteiger partial charge in [-0.2, -0.15) is 0 Å². The number of rotatable bonds is 4. The van der Waals surface area contributed by atoms with Crippen LogP contribution in [0.3, 0.4) is 0 Å². The Kier molecular flexibility index (Phi) is 3.39. The quantitative estimate of drug-likeness (QED) is 0.658. The molecule has 0 spiro atoms. The van der Waals surface area contributed by atoms with E-state index in [-0.39, 0.29) is 0 Å². The maximum absolute atomic E-state index is 3.60. The second-order valence-electron chi connectivity index (χ2n) is 4.14. The van der Waals surface area contributed by atoms with E-state index in [0.29, 0.717) is 0 Å². The molecule has 0 saturated carbocycles. The standard InChI is InChI=1S/C11H20N2/c1-2-6-11(5-1)12-7-10-13-8-3-4-9-13/h1-2,11-12H,3-10H2. The molecule has 0 bridgehead atoms. The summed E-state index contributed by atoms with van der Waals surface area (Å²) in [6.07, 6.45) is 9.86. The average Bonchev–Trinajstić information content (AvgIpc) is 2.75. The lowest BCUT2D eigenvalue weighted by molar-refractivity contribution is 0.328. The van der Waals surface area contributed by atoms with Crippen molar-refractivity contribution in [2.45, 2.75) is 31.7 Å².